The van der Waals surface area contributed by atoms with Crippen LogP contribution in [0.4, 0.5) is 5.82 Å². The van der Waals surface area contributed by atoms with Gasteiger partial charge in [-0.25, -0.2) is 0 Å². The molecule has 20 heavy (non-hydrogen) atoms. The van der Waals surface area contributed by atoms with Gasteiger partial charge in [-0.05, 0) is 17.1 Å². The van der Waals surface area contributed by atoms with Crippen molar-refractivity contribution in [2.24, 2.45) is 0 Å². The molecule has 2 aromatic heterocycles. The third-order valence-electron chi connectivity index (χ3n) is 2.76. The summed E-state index contributed by atoms with van der Waals surface area (Å²) >= 11 is 1.48. The van der Waals surface area contributed by atoms with Crippen LogP contribution in [0.25, 0.3) is 0 Å². The Balaban J connectivity index is 1.75. The van der Waals surface area contributed by atoms with Crippen molar-refractivity contribution < 1.29 is 14.4 Å². The molecule has 9 heteroatoms. The first-order chi connectivity index (χ1) is 9.57. The van der Waals surface area contributed by atoms with Crippen molar-refractivity contribution in [3.05, 3.63) is 50.7 Å². The van der Waals surface area contributed by atoms with Gasteiger partial charge in [-0.2, -0.15) is 0 Å². The second-order valence-corrected chi connectivity index (χ2v) is 5.38. The number of thiophene rings is 1. The molecule has 1 aliphatic heterocycles. The maximum Gasteiger partial charge on any atom is 0.410 e. The number of hydrogen-bond acceptors (Lipinski definition) is 7. The predicted molar refractivity (Wildman–Crippen MR) is 68.8 cm³/mol. The Bertz CT molecular complexity index is 670. The zero-order valence-corrected chi connectivity index (χ0v) is 11.2. The molecule has 3 rings (SSSR count). The maximum absolute atomic E-state index is 10.5. The van der Waals surface area contributed by atoms with Crippen LogP contribution in [0.15, 0.2) is 30.9 Å². The third-order valence-corrected chi connectivity index (χ3v) is 4.01. The molecule has 0 bridgehead atoms. The van der Waals surface area contributed by atoms with Gasteiger partial charge in [0.1, 0.15) is 19.1 Å². The lowest BCUT2D eigenvalue weighted by Crippen LogP contribution is -2.20. The Morgan fingerprint density at radius 3 is 2.85 bits per heavy atom. The molecule has 0 saturated heterocycles. The molecular weight excluding hydrogens is 284 g/mol. The molecule has 0 spiro atoms. The highest BCUT2D eigenvalue weighted by Gasteiger charge is 2.33. The van der Waals surface area contributed by atoms with Gasteiger partial charge in [0.15, 0.2) is 6.20 Å². The van der Waals surface area contributed by atoms with Crippen molar-refractivity contribution in [2.45, 2.75) is 19.3 Å². The van der Waals surface area contributed by atoms with E-state index in [0.717, 1.165) is 16.0 Å². The summed E-state index contributed by atoms with van der Waals surface area (Å²) in [7, 11) is 0. The smallest absolute Gasteiger partial charge is 0.410 e. The average Bonchev–Trinajstić information content (AvgIpc) is 3.10. The second kappa shape index (κ2) is 4.60. The highest BCUT2D eigenvalue weighted by molar-refractivity contribution is 7.12. The molecule has 0 radical (unpaired) electrons. The van der Waals surface area contributed by atoms with Crippen LogP contribution in [0.1, 0.15) is 16.7 Å². The standard InChI is InChI=1S/C11H10N4O4S/c1-11(18-4-5-19-11)9-3-2-8(20-9)7-14-12-6-10(13-14)15(16)17/h2-6H,7H2,1H3. The minimum absolute atomic E-state index is 0.264. The van der Waals surface area contributed by atoms with Gasteiger partial charge in [0.25, 0.3) is 5.79 Å². The van der Waals surface area contributed by atoms with Crippen LogP contribution in [0, 0.1) is 10.1 Å². The van der Waals surface area contributed by atoms with Crippen LogP contribution < -0.4 is 0 Å². The fourth-order valence-electron chi connectivity index (χ4n) is 1.75. The van der Waals surface area contributed by atoms with E-state index in [0.29, 0.717) is 6.54 Å². The molecule has 0 aromatic carbocycles. The zero-order chi connectivity index (χ0) is 14.2. The Morgan fingerprint density at radius 1 is 1.45 bits per heavy atom. The number of ether oxygens (including phenoxy) is 2. The summed E-state index contributed by atoms with van der Waals surface area (Å²) in [5, 5.41) is 18.2. The summed E-state index contributed by atoms with van der Waals surface area (Å²) in [6.07, 6.45) is 4.12. The molecule has 0 fully saturated rings. The molecule has 8 nitrogen and oxygen atoms in total. The summed E-state index contributed by atoms with van der Waals surface area (Å²) < 4.78 is 10.8. The summed E-state index contributed by atoms with van der Waals surface area (Å²) in [6, 6.07) is 3.79. The largest absolute Gasteiger partial charge is 0.452 e. The molecular formula is C11H10N4O4S. The second-order valence-electron chi connectivity index (χ2n) is 4.21. The van der Waals surface area contributed by atoms with E-state index in [9.17, 15) is 10.1 Å². The molecule has 0 saturated carbocycles. The third kappa shape index (κ3) is 2.23. The van der Waals surface area contributed by atoms with Crippen LogP contribution in [0.2, 0.25) is 0 Å². The Hall–Kier alpha value is -2.42. The molecule has 104 valence electrons. The minimum Gasteiger partial charge on any atom is -0.452 e. The van der Waals surface area contributed by atoms with Crippen LogP contribution in [-0.4, -0.2) is 19.9 Å². The van der Waals surface area contributed by atoms with Crippen molar-refractivity contribution in [2.75, 3.05) is 0 Å². The number of nitrogens with zero attached hydrogens (tertiary/aromatic N) is 4. The van der Waals surface area contributed by atoms with Crippen LogP contribution >= 0.6 is 11.3 Å². The van der Waals surface area contributed by atoms with Gasteiger partial charge < -0.3 is 19.6 Å². The summed E-state index contributed by atoms with van der Waals surface area (Å²) in [5.41, 5.74) is 0. The van der Waals surface area contributed by atoms with E-state index in [2.05, 4.69) is 10.2 Å². The van der Waals surface area contributed by atoms with Crippen LogP contribution in [-0.2, 0) is 21.8 Å². The van der Waals surface area contributed by atoms with Crippen molar-refractivity contribution in [3.8, 4) is 0 Å². The Kier molecular flexibility index (Phi) is 2.90. The first-order valence-corrected chi connectivity index (χ1v) is 6.53. The zero-order valence-electron chi connectivity index (χ0n) is 10.4. The van der Waals surface area contributed by atoms with Gasteiger partial charge in [-0.1, -0.05) is 4.80 Å². The van der Waals surface area contributed by atoms with E-state index in [4.69, 9.17) is 9.47 Å². The average molecular weight is 294 g/mol. The van der Waals surface area contributed by atoms with E-state index < -0.39 is 10.7 Å². The van der Waals surface area contributed by atoms with E-state index in [1.165, 1.54) is 28.7 Å². The summed E-state index contributed by atoms with van der Waals surface area (Å²) in [6.45, 7) is 2.18. The lowest BCUT2D eigenvalue weighted by molar-refractivity contribution is -0.389. The fourth-order valence-corrected chi connectivity index (χ4v) is 2.77. The van der Waals surface area contributed by atoms with Gasteiger partial charge in [-0.3, -0.25) is 0 Å². The molecule has 0 aliphatic carbocycles. The van der Waals surface area contributed by atoms with Gasteiger partial charge in [-0.15, -0.1) is 16.4 Å². The first-order valence-electron chi connectivity index (χ1n) is 5.71. The van der Waals surface area contributed by atoms with E-state index in [1.807, 2.05) is 19.1 Å². The predicted octanol–water partition coefficient (Wildman–Crippen LogP) is 1.99. The van der Waals surface area contributed by atoms with Crippen LogP contribution in [0.3, 0.4) is 0 Å². The van der Waals surface area contributed by atoms with Crippen molar-refractivity contribution in [1.82, 2.24) is 15.0 Å². The lowest BCUT2D eigenvalue weighted by Gasteiger charge is -2.20. The highest BCUT2D eigenvalue weighted by Crippen LogP contribution is 2.36. The Morgan fingerprint density at radius 2 is 2.20 bits per heavy atom. The van der Waals surface area contributed by atoms with Crippen molar-refractivity contribution in [3.63, 3.8) is 0 Å². The first kappa shape index (κ1) is 12.6. The molecule has 2 aromatic rings. The van der Waals surface area contributed by atoms with Gasteiger partial charge in [0, 0.05) is 11.8 Å². The SMILES string of the molecule is CC1(c2ccc(Cn3ncc([N+](=O)[O-])n3)s2)OC=CO1. The maximum atomic E-state index is 10.5. The quantitative estimate of drug-likeness (QED) is 0.632. The Labute approximate surface area is 117 Å². The number of nitro groups is 1. The van der Waals surface area contributed by atoms with Gasteiger partial charge in [0.2, 0.25) is 0 Å². The fraction of sp³-hybridized carbons (Fsp3) is 0.273. The number of aromatic nitrogens is 3. The van der Waals surface area contributed by atoms with E-state index in [1.54, 1.807) is 0 Å². The molecule has 0 atom stereocenters. The van der Waals surface area contributed by atoms with Crippen LogP contribution in [0.5, 0.6) is 0 Å². The topological polar surface area (TPSA) is 92.3 Å². The molecule has 0 N–H and O–H groups in total. The van der Waals surface area contributed by atoms with E-state index in [-0.39, 0.29) is 5.82 Å². The number of hydrogen-bond donors (Lipinski definition) is 0. The molecule has 3 heterocycles. The monoisotopic (exact) mass is 294 g/mol. The summed E-state index contributed by atoms with van der Waals surface area (Å²) in [5.74, 6) is -1.06. The lowest BCUT2D eigenvalue weighted by atomic mass is 10.2. The number of rotatable bonds is 4. The summed E-state index contributed by atoms with van der Waals surface area (Å²) in [4.78, 5) is 13.1. The van der Waals surface area contributed by atoms with Crippen molar-refractivity contribution >= 4 is 17.2 Å². The van der Waals surface area contributed by atoms with E-state index >= 15 is 0 Å². The molecule has 1 aliphatic rings. The highest BCUT2D eigenvalue weighted by atomic mass is 32.1. The molecule has 0 amide bonds. The normalized spacial score (nSPS) is 15.8. The minimum atomic E-state index is -0.799. The van der Waals surface area contributed by atoms with Gasteiger partial charge in [0.05, 0.1) is 9.98 Å². The van der Waals surface area contributed by atoms with Crippen molar-refractivity contribution in [1.29, 1.82) is 0 Å². The molecule has 0 unspecified atom stereocenters. The van der Waals surface area contributed by atoms with Gasteiger partial charge >= 0.3 is 5.82 Å².